The molecule has 0 N–H and O–H groups in total. The van der Waals surface area contributed by atoms with E-state index < -0.39 is 5.95 Å². The molecule has 0 aliphatic heterocycles. The second kappa shape index (κ2) is 3.09. The molecule has 0 aliphatic carbocycles. The first-order valence-electron chi connectivity index (χ1n) is 4.23. The van der Waals surface area contributed by atoms with Crippen LogP contribution in [0, 0.1) is 5.95 Å². The molecular weight excluding hydrogens is 215 g/mol. The van der Waals surface area contributed by atoms with Crippen molar-refractivity contribution in [3.8, 4) is 5.00 Å². The third kappa shape index (κ3) is 1.22. The summed E-state index contributed by atoms with van der Waals surface area (Å²) in [6.07, 6.45) is 2.75. The van der Waals surface area contributed by atoms with E-state index >= 15 is 0 Å². The predicted octanol–water partition coefficient (Wildman–Crippen LogP) is 2.02. The maximum absolute atomic E-state index is 13.2. The first kappa shape index (κ1) is 8.49. The van der Waals surface area contributed by atoms with Crippen molar-refractivity contribution >= 4 is 22.5 Å². The van der Waals surface area contributed by atoms with Crippen LogP contribution in [0.3, 0.4) is 0 Å². The number of rotatable bonds is 1. The van der Waals surface area contributed by atoms with Crippen LogP contribution in [0.4, 0.5) is 4.39 Å². The van der Waals surface area contributed by atoms with Crippen LogP contribution >= 0.6 is 11.3 Å². The van der Waals surface area contributed by atoms with E-state index in [1.54, 1.807) is 22.2 Å². The SMILES string of the molecule is Fc1ncnc2c1ncn2-c1cccs1. The van der Waals surface area contributed by atoms with Gasteiger partial charge in [-0.05, 0) is 17.5 Å². The Hall–Kier alpha value is -1.82. The van der Waals surface area contributed by atoms with Crippen LogP contribution < -0.4 is 0 Å². The van der Waals surface area contributed by atoms with Gasteiger partial charge in [-0.3, -0.25) is 4.57 Å². The summed E-state index contributed by atoms with van der Waals surface area (Å²) in [6, 6.07) is 3.84. The van der Waals surface area contributed by atoms with E-state index in [1.807, 2.05) is 17.5 Å². The van der Waals surface area contributed by atoms with E-state index in [-0.39, 0.29) is 5.52 Å². The van der Waals surface area contributed by atoms with E-state index in [4.69, 9.17) is 0 Å². The van der Waals surface area contributed by atoms with Crippen LogP contribution in [0.15, 0.2) is 30.2 Å². The van der Waals surface area contributed by atoms with Crippen LogP contribution in [0.2, 0.25) is 0 Å². The van der Waals surface area contributed by atoms with Crippen LogP contribution in [0.1, 0.15) is 0 Å². The largest absolute Gasteiger partial charge is 0.274 e. The van der Waals surface area contributed by atoms with Gasteiger partial charge in [-0.25, -0.2) is 15.0 Å². The van der Waals surface area contributed by atoms with Crippen molar-refractivity contribution in [2.45, 2.75) is 0 Å². The van der Waals surface area contributed by atoms with Gasteiger partial charge in [0.05, 0.1) is 0 Å². The highest BCUT2D eigenvalue weighted by Crippen LogP contribution is 2.20. The second-order valence-corrected chi connectivity index (χ2v) is 3.83. The number of hydrogen-bond donors (Lipinski definition) is 0. The van der Waals surface area contributed by atoms with Gasteiger partial charge in [-0.1, -0.05) is 0 Å². The molecule has 15 heavy (non-hydrogen) atoms. The summed E-state index contributed by atoms with van der Waals surface area (Å²) in [5.41, 5.74) is 0.691. The highest BCUT2D eigenvalue weighted by Gasteiger charge is 2.10. The predicted molar refractivity (Wildman–Crippen MR) is 54.5 cm³/mol. The molecule has 3 aromatic rings. The molecule has 0 aliphatic rings. The average molecular weight is 220 g/mol. The molecule has 0 fully saturated rings. The third-order valence-electron chi connectivity index (χ3n) is 2.03. The average Bonchev–Trinajstić information content (AvgIpc) is 2.85. The fourth-order valence-electron chi connectivity index (χ4n) is 1.37. The molecule has 0 amide bonds. The number of hydrogen-bond acceptors (Lipinski definition) is 4. The molecule has 0 radical (unpaired) electrons. The van der Waals surface area contributed by atoms with Crippen molar-refractivity contribution in [3.63, 3.8) is 0 Å². The molecule has 0 saturated heterocycles. The van der Waals surface area contributed by atoms with Crippen molar-refractivity contribution in [2.24, 2.45) is 0 Å². The lowest BCUT2D eigenvalue weighted by Crippen LogP contribution is -1.92. The Morgan fingerprint density at radius 3 is 3.00 bits per heavy atom. The van der Waals surface area contributed by atoms with Crippen LogP contribution in [0.25, 0.3) is 16.2 Å². The third-order valence-corrected chi connectivity index (χ3v) is 2.90. The van der Waals surface area contributed by atoms with Gasteiger partial charge in [0.15, 0.2) is 11.2 Å². The summed E-state index contributed by atoms with van der Waals surface area (Å²) in [5.74, 6) is -0.588. The van der Waals surface area contributed by atoms with Gasteiger partial charge in [0.1, 0.15) is 17.7 Å². The molecular formula is C9H5FN4S. The van der Waals surface area contributed by atoms with Gasteiger partial charge in [-0.2, -0.15) is 4.39 Å². The summed E-state index contributed by atoms with van der Waals surface area (Å²) in [6.45, 7) is 0. The minimum Gasteiger partial charge on any atom is -0.274 e. The number of fused-ring (bicyclic) bond motifs is 1. The molecule has 3 rings (SSSR count). The molecule has 3 heterocycles. The van der Waals surface area contributed by atoms with E-state index in [9.17, 15) is 4.39 Å². The lowest BCUT2D eigenvalue weighted by molar-refractivity contribution is 0.591. The summed E-state index contributed by atoms with van der Waals surface area (Å²) >= 11 is 1.54. The molecule has 0 saturated carbocycles. The zero-order valence-corrected chi connectivity index (χ0v) is 8.28. The summed E-state index contributed by atoms with van der Waals surface area (Å²) in [5, 5.41) is 2.90. The van der Waals surface area contributed by atoms with Crippen molar-refractivity contribution in [1.29, 1.82) is 0 Å². The summed E-state index contributed by atoms with van der Waals surface area (Å²) in [4.78, 5) is 11.4. The molecule has 3 aromatic heterocycles. The molecule has 0 unspecified atom stereocenters. The van der Waals surface area contributed by atoms with Crippen molar-refractivity contribution < 1.29 is 4.39 Å². The van der Waals surface area contributed by atoms with Crippen molar-refractivity contribution in [1.82, 2.24) is 19.5 Å². The van der Waals surface area contributed by atoms with E-state index in [0.717, 1.165) is 5.00 Å². The number of halogens is 1. The Bertz CT molecular complexity index is 602. The first-order chi connectivity index (χ1) is 7.36. The Labute approximate surface area is 88.1 Å². The normalized spacial score (nSPS) is 11.0. The van der Waals surface area contributed by atoms with Gasteiger partial charge >= 0.3 is 0 Å². The first-order valence-corrected chi connectivity index (χ1v) is 5.11. The second-order valence-electron chi connectivity index (χ2n) is 2.90. The molecule has 6 heteroatoms. The minimum atomic E-state index is -0.588. The highest BCUT2D eigenvalue weighted by atomic mass is 32.1. The van der Waals surface area contributed by atoms with Crippen LogP contribution in [-0.2, 0) is 0 Å². The maximum atomic E-state index is 13.2. The number of thiophene rings is 1. The van der Waals surface area contributed by atoms with E-state index in [1.165, 1.54) is 6.33 Å². The summed E-state index contributed by atoms with van der Waals surface area (Å²) < 4.78 is 15.0. The topological polar surface area (TPSA) is 43.6 Å². The monoisotopic (exact) mass is 220 g/mol. The quantitative estimate of drug-likeness (QED) is 0.589. The van der Waals surface area contributed by atoms with E-state index in [0.29, 0.717) is 5.65 Å². The van der Waals surface area contributed by atoms with Gasteiger partial charge in [0.2, 0.25) is 5.95 Å². The molecule has 0 aromatic carbocycles. The molecule has 0 spiro atoms. The summed E-state index contributed by atoms with van der Waals surface area (Å²) in [7, 11) is 0. The lowest BCUT2D eigenvalue weighted by Gasteiger charge is -1.97. The highest BCUT2D eigenvalue weighted by molar-refractivity contribution is 7.12. The van der Waals surface area contributed by atoms with Gasteiger partial charge in [-0.15, -0.1) is 11.3 Å². The molecule has 74 valence electrons. The Morgan fingerprint density at radius 1 is 1.27 bits per heavy atom. The zero-order valence-electron chi connectivity index (χ0n) is 7.46. The molecule has 0 bridgehead atoms. The Balaban J connectivity index is 2.34. The number of imidazole rings is 1. The number of nitrogens with zero attached hydrogens (tertiary/aromatic N) is 4. The zero-order chi connectivity index (χ0) is 10.3. The maximum Gasteiger partial charge on any atom is 0.244 e. The van der Waals surface area contributed by atoms with Crippen LogP contribution in [-0.4, -0.2) is 19.5 Å². The van der Waals surface area contributed by atoms with Gasteiger partial charge in [0.25, 0.3) is 0 Å². The molecule has 0 atom stereocenters. The van der Waals surface area contributed by atoms with Gasteiger partial charge < -0.3 is 0 Å². The lowest BCUT2D eigenvalue weighted by atomic mass is 10.5. The standard InChI is InChI=1S/C9H5FN4S/c10-8-7-9(12-4-11-8)14(5-13-7)6-2-1-3-15-6/h1-5H. The minimum absolute atomic E-state index is 0.200. The van der Waals surface area contributed by atoms with Crippen molar-refractivity contribution in [2.75, 3.05) is 0 Å². The number of aromatic nitrogens is 4. The Kier molecular flexibility index (Phi) is 1.75. The van der Waals surface area contributed by atoms with Gasteiger partial charge in [0, 0.05) is 0 Å². The van der Waals surface area contributed by atoms with Crippen LogP contribution in [0.5, 0.6) is 0 Å². The Morgan fingerprint density at radius 2 is 2.20 bits per heavy atom. The van der Waals surface area contributed by atoms with E-state index in [2.05, 4.69) is 15.0 Å². The smallest absolute Gasteiger partial charge is 0.244 e. The molecule has 4 nitrogen and oxygen atoms in total. The fraction of sp³-hybridized carbons (Fsp3) is 0. The van der Waals surface area contributed by atoms with Crippen molar-refractivity contribution in [3.05, 3.63) is 36.1 Å². The fourth-order valence-corrected chi connectivity index (χ4v) is 2.08.